The maximum absolute atomic E-state index is 13.2. The quantitative estimate of drug-likeness (QED) is 0.547. The summed E-state index contributed by atoms with van der Waals surface area (Å²) in [5, 5.41) is 2.90. The molecule has 0 aliphatic carbocycles. The minimum Gasteiger partial charge on any atom is -0.325 e. The summed E-state index contributed by atoms with van der Waals surface area (Å²) in [5.74, 6) is -0.0911. The lowest BCUT2D eigenvalue weighted by molar-refractivity contribution is -0.120. The van der Waals surface area contributed by atoms with Gasteiger partial charge in [0.1, 0.15) is 12.2 Å². The van der Waals surface area contributed by atoms with Crippen LogP contribution in [-0.2, 0) is 16.0 Å². The Morgan fingerprint density at radius 2 is 1.82 bits per heavy atom. The molecule has 0 spiro atoms. The van der Waals surface area contributed by atoms with Crippen molar-refractivity contribution in [3.63, 3.8) is 0 Å². The lowest BCUT2D eigenvalue weighted by Gasteiger charge is -2.20. The summed E-state index contributed by atoms with van der Waals surface area (Å²) in [7, 11) is 0. The van der Waals surface area contributed by atoms with Crippen molar-refractivity contribution < 1.29 is 9.59 Å². The molecule has 0 unspecified atom stereocenters. The Morgan fingerprint density at radius 3 is 2.55 bits per heavy atom. The van der Waals surface area contributed by atoms with Gasteiger partial charge in [-0.25, -0.2) is 9.98 Å². The molecule has 4 rings (SSSR count). The van der Waals surface area contributed by atoms with Gasteiger partial charge in [0.05, 0.1) is 12.1 Å². The predicted molar refractivity (Wildman–Crippen MR) is 132 cm³/mol. The molecule has 6 nitrogen and oxygen atoms in total. The van der Waals surface area contributed by atoms with Gasteiger partial charge in [-0.1, -0.05) is 55.3 Å². The smallest absolute Gasteiger partial charge is 0.244 e. The minimum atomic E-state index is -0.278. The number of nitrogens with zero attached hydrogens (tertiary/aromatic N) is 3. The first-order chi connectivity index (χ1) is 16.0. The number of fused-ring (bicyclic) bond motifs is 1. The molecule has 0 fully saturated rings. The number of aliphatic imine (C=N–C) groups is 1. The van der Waals surface area contributed by atoms with Gasteiger partial charge in [0, 0.05) is 11.9 Å². The zero-order valence-electron chi connectivity index (χ0n) is 19.0. The number of aromatic nitrogens is 1. The molecule has 168 valence electrons. The fourth-order valence-electron chi connectivity index (χ4n) is 3.78. The zero-order chi connectivity index (χ0) is 23.2. The van der Waals surface area contributed by atoms with Crippen LogP contribution in [0.5, 0.6) is 0 Å². The molecule has 3 aromatic rings. The lowest BCUT2D eigenvalue weighted by atomic mass is 10.1. The standard InChI is InChI=1S/C27H28N4O2/c1-3-4-6-20-10-14-22(15-11-20)29-25(32)18-31-26(33)17-24(21-12-8-19(2)9-13-21)30-23-7-5-16-28-27(23)31/h5,7-16H,3-4,6,17-18H2,1-2H3,(H,29,32). The fraction of sp³-hybridized carbons (Fsp3) is 0.259. The molecular weight excluding hydrogens is 412 g/mol. The third kappa shape index (κ3) is 5.52. The molecule has 0 atom stereocenters. The van der Waals surface area contributed by atoms with Crippen molar-refractivity contribution in [1.29, 1.82) is 0 Å². The van der Waals surface area contributed by atoms with E-state index in [9.17, 15) is 9.59 Å². The number of rotatable bonds is 7. The first-order valence-electron chi connectivity index (χ1n) is 11.3. The third-order valence-corrected chi connectivity index (χ3v) is 5.64. The van der Waals surface area contributed by atoms with Crippen molar-refractivity contribution in [3.8, 4) is 0 Å². The second kappa shape index (κ2) is 10.2. The number of carbonyl (C=O) groups excluding carboxylic acids is 2. The Hall–Kier alpha value is -3.80. The Morgan fingerprint density at radius 1 is 1.06 bits per heavy atom. The van der Waals surface area contributed by atoms with Crippen LogP contribution in [0.15, 0.2) is 71.9 Å². The van der Waals surface area contributed by atoms with Crippen molar-refractivity contribution in [2.24, 2.45) is 4.99 Å². The second-order valence-corrected chi connectivity index (χ2v) is 8.28. The van der Waals surface area contributed by atoms with E-state index in [-0.39, 0.29) is 24.8 Å². The number of unbranched alkanes of at least 4 members (excludes halogenated alkanes) is 1. The van der Waals surface area contributed by atoms with Gasteiger partial charge in [-0.05, 0) is 55.2 Å². The van der Waals surface area contributed by atoms with Crippen LogP contribution >= 0.6 is 0 Å². The Balaban J connectivity index is 1.51. The second-order valence-electron chi connectivity index (χ2n) is 8.28. The van der Waals surface area contributed by atoms with E-state index in [4.69, 9.17) is 4.99 Å². The van der Waals surface area contributed by atoms with Crippen molar-refractivity contribution in [3.05, 3.63) is 83.6 Å². The van der Waals surface area contributed by atoms with E-state index < -0.39 is 0 Å². The highest BCUT2D eigenvalue weighted by atomic mass is 16.2. The topological polar surface area (TPSA) is 74.7 Å². The maximum atomic E-state index is 13.2. The van der Waals surface area contributed by atoms with Gasteiger partial charge >= 0.3 is 0 Å². The summed E-state index contributed by atoms with van der Waals surface area (Å²) in [4.78, 5) is 36.5. The summed E-state index contributed by atoms with van der Waals surface area (Å²) in [6.45, 7) is 4.06. The number of hydrogen-bond acceptors (Lipinski definition) is 4. The van der Waals surface area contributed by atoms with E-state index in [1.807, 2.05) is 61.5 Å². The number of hydrogen-bond donors (Lipinski definition) is 1. The molecule has 1 aliphatic rings. The lowest BCUT2D eigenvalue weighted by Crippen LogP contribution is -2.39. The van der Waals surface area contributed by atoms with Gasteiger partial charge in [-0.3, -0.25) is 14.5 Å². The van der Waals surface area contributed by atoms with Gasteiger partial charge in [0.15, 0.2) is 5.82 Å². The molecule has 2 heterocycles. The molecule has 0 saturated carbocycles. The molecule has 0 bridgehead atoms. The van der Waals surface area contributed by atoms with Crippen LogP contribution in [-0.4, -0.2) is 29.1 Å². The van der Waals surface area contributed by atoms with Gasteiger partial charge < -0.3 is 5.32 Å². The minimum absolute atomic E-state index is 0.0961. The van der Waals surface area contributed by atoms with E-state index in [1.54, 1.807) is 12.3 Å². The molecule has 1 aromatic heterocycles. The molecule has 1 N–H and O–H groups in total. The van der Waals surface area contributed by atoms with E-state index in [0.717, 1.165) is 30.4 Å². The zero-order valence-corrected chi connectivity index (χ0v) is 19.0. The summed E-state index contributed by atoms with van der Waals surface area (Å²) in [5.41, 5.74) is 5.22. The molecule has 33 heavy (non-hydrogen) atoms. The average Bonchev–Trinajstić information content (AvgIpc) is 2.95. The van der Waals surface area contributed by atoms with Crippen molar-refractivity contribution in [1.82, 2.24) is 4.98 Å². The van der Waals surface area contributed by atoms with Gasteiger partial charge in [-0.15, -0.1) is 0 Å². The largest absolute Gasteiger partial charge is 0.325 e. The molecule has 1 aliphatic heterocycles. The van der Waals surface area contributed by atoms with Crippen molar-refractivity contribution in [2.75, 3.05) is 16.8 Å². The number of carbonyl (C=O) groups is 2. The van der Waals surface area contributed by atoms with E-state index >= 15 is 0 Å². The highest BCUT2D eigenvalue weighted by Crippen LogP contribution is 2.30. The highest BCUT2D eigenvalue weighted by molar-refractivity contribution is 6.18. The molecule has 6 heteroatoms. The van der Waals surface area contributed by atoms with E-state index in [2.05, 4.69) is 17.2 Å². The third-order valence-electron chi connectivity index (χ3n) is 5.64. The number of pyridine rings is 1. The fourth-order valence-corrected chi connectivity index (χ4v) is 3.78. The van der Waals surface area contributed by atoms with Gasteiger partial charge in [0.2, 0.25) is 11.8 Å². The van der Waals surface area contributed by atoms with Gasteiger partial charge in [-0.2, -0.15) is 0 Å². The summed E-state index contributed by atoms with van der Waals surface area (Å²) in [6, 6.07) is 19.4. The monoisotopic (exact) mass is 440 g/mol. The van der Waals surface area contributed by atoms with Crippen molar-refractivity contribution >= 4 is 34.7 Å². The van der Waals surface area contributed by atoms with Crippen LogP contribution in [0.25, 0.3) is 0 Å². The number of anilines is 2. The normalized spacial score (nSPS) is 13.2. The molecule has 2 amide bonds. The summed E-state index contributed by atoms with van der Waals surface area (Å²) in [6.07, 6.45) is 5.02. The number of amides is 2. The summed E-state index contributed by atoms with van der Waals surface area (Å²) >= 11 is 0. The summed E-state index contributed by atoms with van der Waals surface area (Å²) < 4.78 is 0. The van der Waals surface area contributed by atoms with Crippen LogP contribution in [0.1, 0.15) is 42.9 Å². The SMILES string of the molecule is CCCCc1ccc(NC(=O)CN2C(=O)CC(c3ccc(C)cc3)=Nc3cccnc32)cc1. The number of aryl methyl sites for hydroxylation is 2. The van der Waals surface area contributed by atoms with E-state index in [0.29, 0.717) is 22.9 Å². The van der Waals surface area contributed by atoms with Crippen LogP contribution in [0.3, 0.4) is 0 Å². The highest BCUT2D eigenvalue weighted by Gasteiger charge is 2.27. The predicted octanol–water partition coefficient (Wildman–Crippen LogP) is 5.23. The first kappa shape index (κ1) is 22.4. The molecule has 0 radical (unpaired) electrons. The Bertz CT molecular complexity index is 1170. The average molecular weight is 441 g/mol. The molecule has 2 aromatic carbocycles. The number of benzene rings is 2. The number of nitrogens with one attached hydrogen (secondary N) is 1. The van der Waals surface area contributed by atoms with E-state index in [1.165, 1.54) is 10.5 Å². The van der Waals surface area contributed by atoms with Crippen LogP contribution in [0.4, 0.5) is 17.2 Å². The van der Waals surface area contributed by atoms with Crippen LogP contribution in [0.2, 0.25) is 0 Å². The van der Waals surface area contributed by atoms with Crippen LogP contribution < -0.4 is 10.2 Å². The molecular formula is C27H28N4O2. The Kier molecular flexibility index (Phi) is 6.93. The van der Waals surface area contributed by atoms with Crippen LogP contribution in [0, 0.1) is 6.92 Å². The van der Waals surface area contributed by atoms with Gasteiger partial charge in [0.25, 0.3) is 0 Å². The molecule has 0 saturated heterocycles. The van der Waals surface area contributed by atoms with Crippen molar-refractivity contribution in [2.45, 2.75) is 39.5 Å². The Labute approximate surface area is 194 Å². The first-order valence-corrected chi connectivity index (χ1v) is 11.3. The maximum Gasteiger partial charge on any atom is 0.244 e.